The first-order valence-electron chi connectivity index (χ1n) is 10.2. The van der Waals surface area contributed by atoms with E-state index in [1.165, 1.54) is 37.5 Å². The van der Waals surface area contributed by atoms with Crippen LogP contribution in [0.25, 0.3) is 12.2 Å². The zero-order valence-corrected chi connectivity index (χ0v) is 18.8. The predicted molar refractivity (Wildman–Crippen MR) is 127 cm³/mol. The zero-order chi connectivity index (χ0) is 24.9. The maximum atomic E-state index is 12.6. The highest BCUT2D eigenvalue weighted by atomic mass is 16.6. The van der Waals surface area contributed by atoms with Gasteiger partial charge < -0.3 is 19.5 Å². The molecule has 0 aromatic heterocycles. The van der Waals surface area contributed by atoms with Crippen molar-refractivity contribution in [1.29, 1.82) is 10.5 Å². The Labute approximate surface area is 198 Å². The van der Waals surface area contributed by atoms with Crippen LogP contribution in [0.4, 0.5) is 0 Å². The predicted octanol–water partition coefficient (Wildman–Crippen LogP) is 3.82. The van der Waals surface area contributed by atoms with E-state index >= 15 is 0 Å². The standard InChI is InChI=1S/C26H23N3O5/c1-4-12-29-25(30)20(16-27)14-19-8-11-23(24(15-19)32-3)34-26(31)21(17-28)13-18-6-9-22(10-7-18)33-5-2/h4,6-11,13-15H,1,5,12H2,2-3H3,(H,29,30)/b20-14+,21-13+. The van der Waals surface area contributed by atoms with E-state index in [0.29, 0.717) is 23.5 Å². The minimum absolute atomic E-state index is 0.0760. The third kappa shape index (κ3) is 7.11. The van der Waals surface area contributed by atoms with Gasteiger partial charge in [0.15, 0.2) is 11.5 Å². The van der Waals surface area contributed by atoms with Crippen LogP contribution in [-0.2, 0) is 9.59 Å². The summed E-state index contributed by atoms with van der Waals surface area (Å²) in [6, 6.07) is 15.1. The Morgan fingerprint density at radius 3 is 2.24 bits per heavy atom. The summed E-state index contributed by atoms with van der Waals surface area (Å²) in [6.07, 6.45) is 4.28. The fourth-order valence-corrected chi connectivity index (χ4v) is 2.72. The van der Waals surface area contributed by atoms with Crippen molar-refractivity contribution in [1.82, 2.24) is 5.32 Å². The summed E-state index contributed by atoms with van der Waals surface area (Å²) < 4.78 is 16.0. The van der Waals surface area contributed by atoms with Crippen LogP contribution in [-0.4, -0.2) is 32.1 Å². The van der Waals surface area contributed by atoms with Gasteiger partial charge in [0.1, 0.15) is 29.0 Å². The lowest BCUT2D eigenvalue weighted by Gasteiger charge is -2.10. The first kappa shape index (κ1) is 25.4. The summed E-state index contributed by atoms with van der Waals surface area (Å²) in [5.41, 5.74) is 0.787. The Kier molecular flexibility index (Phi) is 9.65. The van der Waals surface area contributed by atoms with E-state index in [1.807, 2.05) is 19.1 Å². The quantitative estimate of drug-likeness (QED) is 0.189. The van der Waals surface area contributed by atoms with Crippen molar-refractivity contribution >= 4 is 24.0 Å². The molecule has 0 heterocycles. The third-order valence-corrected chi connectivity index (χ3v) is 4.32. The van der Waals surface area contributed by atoms with E-state index in [0.717, 1.165) is 0 Å². The smallest absolute Gasteiger partial charge is 0.354 e. The Bertz CT molecular complexity index is 1200. The van der Waals surface area contributed by atoms with E-state index in [9.17, 15) is 20.1 Å². The van der Waals surface area contributed by atoms with Crippen LogP contribution in [0, 0.1) is 22.7 Å². The van der Waals surface area contributed by atoms with Crippen LogP contribution in [0.5, 0.6) is 17.2 Å². The van der Waals surface area contributed by atoms with Crippen molar-refractivity contribution in [2.24, 2.45) is 0 Å². The lowest BCUT2D eigenvalue weighted by atomic mass is 10.1. The fourth-order valence-electron chi connectivity index (χ4n) is 2.72. The van der Waals surface area contributed by atoms with Gasteiger partial charge in [-0.2, -0.15) is 10.5 Å². The van der Waals surface area contributed by atoms with Gasteiger partial charge in [-0.15, -0.1) is 6.58 Å². The fraction of sp³-hybridized carbons (Fsp3) is 0.154. The number of amides is 1. The number of hydrogen-bond donors (Lipinski definition) is 1. The normalized spacial score (nSPS) is 10.9. The molecule has 2 aromatic carbocycles. The van der Waals surface area contributed by atoms with Crippen molar-refractivity contribution in [3.05, 3.63) is 77.4 Å². The number of rotatable bonds is 10. The van der Waals surface area contributed by atoms with Crippen molar-refractivity contribution < 1.29 is 23.8 Å². The first-order chi connectivity index (χ1) is 16.4. The maximum absolute atomic E-state index is 12.6. The molecular formula is C26H23N3O5. The molecule has 0 aliphatic rings. The number of benzene rings is 2. The van der Waals surface area contributed by atoms with Gasteiger partial charge in [-0.3, -0.25) is 4.79 Å². The van der Waals surface area contributed by atoms with Crippen molar-refractivity contribution in [2.45, 2.75) is 6.92 Å². The molecule has 2 rings (SSSR count). The number of nitriles is 2. The molecule has 0 radical (unpaired) electrons. The molecule has 0 bridgehead atoms. The highest BCUT2D eigenvalue weighted by molar-refractivity contribution is 6.02. The Morgan fingerprint density at radius 1 is 1.00 bits per heavy atom. The molecule has 0 aliphatic heterocycles. The van der Waals surface area contributed by atoms with Gasteiger partial charge in [0, 0.05) is 6.54 Å². The Balaban J connectivity index is 2.23. The van der Waals surface area contributed by atoms with E-state index < -0.39 is 11.9 Å². The van der Waals surface area contributed by atoms with Crippen molar-refractivity contribution in [2.75, 3.05) is 20.3 Å². The van der Waals surface area contributed by atoms with E-state index in [4.69, 9.17) is 14.2 Å². The van der Waals surface area contributed by atoms with Crippen molar-refractivity contribution in [3.8, 4) is 29.4 Å². The topological polar surface area (TPSA) is 121 Å². The average Bonchev–Trinajstić information content (AvgIpc) is 2.86. The number of esters is 1. The minimum Gasteiger partial charge on any atom is -0.494 e. The largest absolute Gasteiger partial charge is 0.494 e. The van der Waals surface area contributed by atoms with Gasteiger partial charge in [-0.25, -0.2) is 4.79 Å². The van der Waals surface area contributed by atoms with Crippen LogP contribution in [0.3, 0.4) is 0 Å². The lowest BCUT2D eigenvalue weighted by molar-refractivity contribution is -0.129. The van der Waals surface area contributed by atoms with E-state index in [-0.39, 0.29) is 29.2 Å². The molecule has 1 amide bonds. The Morgan fingerprint density at radius 2 is 1.65 bits per heavy atom. The second-order valence-electron chi connectivity index (χ2n) is 6.64. The molecule has 2 aromatic rings. The highest BCUT2D eigenvalue weighted by Crippen LogP contribution is 2.30. The van der Waals surface area contributed by atoms with Gasteiger partial charge in [-0.1, -0.05) is 24.3 Å². The second-order valence-corrected chi connectivity index (χ2v) is 6.64. The number of carbonyl (C=O) groups is 2. The van der Waals surface area contributed by atoms with Gasteiger partial charge in [-0.05, 0) is 54.5 Å². The number of methoxy groups -OCH3 is 1. The van der Waals surface area contributed by atoms with Crippen LogP contribution in [0.15, 0.2) is 66.3 Å². The Hall–Kier alpha value is -4.82. The molecule has 8 nitrogen and oxygen atoms in total. The van der Waals surface area contributed by atoms with E-state index in [1.54, 1.807) is 30.3 Å². The SMILES string of the molecule is C=CCNC(=O)/C(C#N)=C/c1ccc(OC(=O)/C(C#N)=C/c2ccc(OCC)cc2)c(OC)c1. The number of nitrogens with one attached hydrogen (secondary N) is 1. The molecule has 0 saturated heterocycles. The monoisotopic (exact) mass is 457 g/mol. The number of nitrogens with zero attached hydrogens (tertiary/aromatic N) is 2. The molecule has 8 heteroatoms. The molecule has 0 atom stereocenters. The summed E-state index contributed by atoms with van der Waals surface area (Å²) in [6.45, 7) is 6.13. The second kappa shape index (κ2) is 12.9. The molecule has 0 saturated carbocycles. The van der Waals surface area contributed by atoms with Crippen LogP contribution in [0.2, 0.25) is 0 Å². The molecule has 0 aliphatic carbocycles. The summed E-state index contributed by atoms with van der Waals surface area (Å²) in [4.78, 5) is 24.6. The summed E-state index contributed by atoms with van der Waals surface area (Å²) in [5.74, 6) is -0.469. The molecule has 172 valence electrons. The number of hydrogen-bond acceptors (Lipinski definition) is 7. The van der Waals surface area contributed by atoms with Crippen LogP contribution in [0.1, 0.15) is 18.1 Å². The summed E-state index contributed by atoms with van der Waals surface area (Å²) in [5, 5.41) is 21.2. The minimum atomic E-state index is -0.862. The zero-order valence-electron chi connectivity index (χ0n) is 18.8. The summed E-state index contributed by atoms with van der Waals surface area (Å²) in [7, 11) is 1.38. The van der Waals surface area contributed by atoms with Gasteiger partial charge >= 0.3 is 5.97 Å². The van der Waals surface area contributed by atoms with Crippen molar-refractivity contribution in [3.63, 3.8) is 0 Å². The highest BCUT2D eigenvalue weighted by Gasteiger charge is 2.16. The molecule has 0 fully saturated rings. The van der Waals surface area contributed by atoms with E-state index in [2.05, 4.69) is 11.9 Å². The van der Waals surface area contributed by atoms with Gasteiger partial charge in [0.2, 0.25) is 0 Å². The molecule has 0 unspecified atom stereocenters. The third-order valence-electron chi connectivity index (χ3n) is 4.32. The molecule has 34 heavy (non-hydrogen) atoms. The average molecular weight is 457 g/mol. The molecule has 1 N–H and O–H groups in total. The molecule has 0 spiro atoms. The van der Waals surface area contributed by atoms with Crippen LogP contribution < -0.4 is 19.5 Å². The number of ether oxygens (including phenoxy) is 3. The first-order valence-corrected chi connectivity index (χ1v) is 10.2. The molecular weight excluding hydrogens is 434 g/mol. The van der Waals surface area contributed by atoms with Gasteiger partial charge in [0.25, 0.3) is 5.91 Å². The number of carbonyl (C=O) groups excluding carboxylic acids is 2. The lowest BCUT2D eigenvalue weighted by Crippen LogP contribution is -2.24. The van der Waals surface area contributed by atoms with Gasteiger partial charge in [0.05, 0.1) is 13.7 Å². The maximum Gasteiger partial charge on any atom is 0.354 e. The summed E-state index contributed by atoms with van der Waals surface area (Å²) >= 11 is 0. The van der Waals surface area contributed by atoms with Crippen LogP contribution >= 0.6 is 0 Å².